The van der Waals surface area contributed by atoms with Gasteiger partial charge in [0.15, 0.2) is 0 Å². The number of nitriles is 1. The van der Waals surface area contributed by atoms with Crippen molar-refractivity contribution < 1.29 is 14.5 Å². The molecule has 0 bridgehead atoms. The molecule has 0 spiro atoms. The monoisotopic (exact) mass is 336 g/mol. The van der Waals surface area contributed by atoms with Crippen molar-refractivity contribution in [3.8, 4) is 11.8 Å². The van der Waals surface area contributed by atoms with Crippen LogP contribution >= 0.6 is 0 Å². The molecule has 0 N–H and O–H groups in total. The summed E-state index contributed by atoms with van der Waals surface area (Å²) < 4.78 is 5.54. The lowest BCUT2D eigenvalue weighted by Crippen LogP contribution is -2.05. The van der Waals surface area contributed by atoms with E-state index >= 15 is 0 Å². The molecule has 2 aromatic rings. The zero-order valence-electron chi connectivity index (χ0n) is 13.8. The van der Waals surface area contributed by atoms with Crippen molar-refractivity contribution in [2.24, 2.45) is 0 Å². The SMILES string of the molecule is CC(C)Oc1ccc(/C=C(\C#N)C(=O)c2cccc([N+](=O)[O-])c2)cc1. The lowest BCUT2D eigenvalue weighted by molar-refractivity contribution is -0.384. The average Bonchev–Trinajstić information content (AvgIpc) is 2.60. The molecule has 0 aliphatic carbocycles. The van der Waals surface area contributed by atoms with Gasteiger partial charge in [-0.3, -0.25) is 14.9 Å². The van der Waals surface area contributed by atoms with Crippen molar-refractivity contribution >= 4 is 17.5 Å². The number of allylic oxidation sites excluding steroid dienone is 1. The number of nitro groups is 1. The second-order valence-corrected chi connectivity index (χ2v) is 5.54. The third-order valence-electron chi connectivity index (χ3n) is 3.25. The molecular formula is C19H16N2O4. The van der Waals surface area contributed by atoms with E-state index in [9.17, 15) is 20.2 Å². The van der Waals surface area contributed by atoms with Crippen LogP contribution in [0.3, 0.4) is 0 Å². The molecule has 0 aliphatic rings. The smallest absolute Gasteiger partial charge is 0.270 e. The Morgan fingerprint density at radius 3 is 2.48 bits per heavy atom. The minimum atomic E-state index is -0.583. The van der Waals surface area contributed by atoms with Crippen LogP contribution in [0.1, 0.15) is 29.8 Å². The van der Waals surface area contributed by atoms with E-state index < -0.39 is 10.7 Å². The van der Waals surface area contributed by atoms with Gasteiger partial charge in [0.1, 0.15) is 17.4 Å². The van der Waals surface area contributed by atoms with E-state index in [-0.39, 0.29) is 22.9 Å². The first-order valence-electron chi connectivity index (χ1n) is 7.58. The van der Waals surface area contributed by atoms with Crippen LogP contribution in [0.4, 0.5) is 5.69 Å². The highest BCUT2D eigenvalue weighted by Crippen LogP contribution is 2.19. The highest BCUT2D eigenvalue weighted by Gasteiger charge is 2.15. The molecule has 6 heteroatoms. The van der Waals surface area contributed by atoms with Gasteiger partial charge in [-0.25, -0.2) is 0 Å². The molecule has 0 radical (unpaired) electrons. The van der Waals surface area contributed by atoms with Gasteiger partial charge in [-0.05, 0) is 37.6 Å². The Morgan fingerprint density at radius 2 is 1.92 bits per heavy atom. The number of carbonyl (C=O) groups excluding carboxylic acids is 1. The summed E-state index contributed by atoms with van der Waals surface area (Å²) in [6, 6.07) is 14.1. The average molecular weight is 336 g/mol. The number of nitrogens with zero attached hydrogens (tertiary/aromatic N) is 2. The van der Waals surface area contributed by atoms with Crippen molar-refractivity contribution in [2.75, 3.05) is 0 Å². The van der Waals surface area contributed by atoms with E-state index in [2.05, 4.69) is 0 Å². The van der Waals surface area contributed by atoms with Crippen LogP contribution in [-0.2, 0) is 0 Å². The minimum Gasteiger partial charge on any atom is -0.491 e. The van der Waals surface area contributed by atoms with Crippen LogP contribution in [0.5, 0.6) is 5.75 Å². The van der Waals surface area contributed by atoms with Crippen molar-refractivity contribution in [3.63, 3.8) is 0 Å². The Balaban J connectivity index is 2.28. The normalized spacial score (nSPS) is 11.0. The molecule has 6 nitrogen and oxygen atoms in total. The predicted octanol–water partition coefficient (Wildman–Crippen LogP) is 4.17. The summed E-state index contributed by atoms with van der Waals surface area (Å²) in [5, 5.41) is 20.1. The van der Waals surface area contributed by atoms with E-state index in [0.29, 0.717) is 11.3 Å². The second-order valence-electron chi connectivity index (χ2n) is 5.54. The quantitative estimate of drug-likeness (QED) is 0.259. The summed E-state index contributed by atoms with van der Waals surface area (Å²) in [5.41, 5.74) is 0.463. The molecule has 0 fully saturated rings. The molecule has 25 heavy (non-hydrogen) atoms. The summed E-state index contributed by atoms with van der Waals surface area (Å²) >= 11 is 0. The van der Waals surface area contributed by atoms with Gasteiger partial charge in [0, 0.05) is 17.7 Å². The van der Waals surface area contributed by atoms with Gasteiger partial charge in [0.05, 0.1) is 11.0 Å². The van der Waals surface area contributed by atoms with E-state index in [4.69, 9.17) is 4.74 Å². The number of carbonyl (C=O) groups is 1. The molecule has 0 saturated carbocycles. The maximum atomic E-state index is 12.4. The molecule has 0 unspecified atom stereocenters. The maximum Gasteiger partial charge on any atom is 0.270 e. The fourth-order valence-electron chi connectivity index (χ4n) is 2.15. The highest BCUT2D eigenvalue weighted by molar-refractivity contribution is 6.14. The van der Waals surface area contributed by atoms with Crippen molar-refractivity contribution in [1.29, 1.82) is 5.26 Å². The van der Waals surface area contributed by atoms with Crippen molar-refractivity contribution in [2.45, 2.75) is 20.0 Å². The van der Waals surface area contributed by atoms with E-state index in [0.717, 1.165) is 6.07 Å². The largest absolute Gasteiger partial charge is 0.491 e. The summed E-state index contributed by atoms with van der Waals surface area (Å²) in [5.74, 6) is 0.129. The Bertz CT molecular complexity index is 862. The molecular weight excluding hydrogens is 320 g/mol. The third-order valence-corrected chi connectivity index (χ3v) is 3.25. The van der Waals surface area contributed by atoms with Gasteiger partial charge in [-0.2, -0.15) is 5.26 Å². The Hall–Kier alpha value is -3.46. The Morgan fingerprint density at radius 1 is 1.24 bits per heavy atom. The minimum absolute atomic E-state index is 0.0477. The summed E-state index contributed by atoms with van der Waals surface area (Å²) in [4.78, 5) is 22.7. The van der Waals surface area contributed by atoms with E-state index in [1.807, 2.05) is 19.9 Å². The number of benzene rings is 2. The summed E-state index contributed by atoms with van der Waals surface area (Å²) in [7, 11) is 0. The fraction of sp³-hybridized carbons (Fsp3) is 0.158. The molecule has 0 aromatic heterocycles. The zero-order chi connectivity index (χ0) is 18.4. The summed E-state index contributed by atoms with van der Waals surface area (Å²) in [6.07, 6.45) is 1.49. The van der Waals surface area contributed by atoms with Gasteiger partial charge < -0.3 is 4.74 Å². The van der Waals surface area contributed by atoms with Crippen LogP contribution < -0.4 is 4.74 Å². The number of Topliss-reactive ketones (excluding diaryl/α,β-unsaturated/α-hetero) is 1. The third kappa shape index (κ3) is 4.75. The van der Waals surface area contributed by atoms with Crippen LogP contribution in [0.2, 0.25) is 0 Å². The maximum absolute atomic E-state index is 12.4. The van der Waals surface area contributed by atoms with Crippen LogP contribution in [-0.4, -0.2) is 16.8 Å². The fourth-order valence-corrected chi connectivity index (χ4v) is 2.15. The molecule has 0 heterocycles. The van der Waals surface area contributed by atoms with Crippen molar-refractivity contribution in [1.82, 2.24) is 0 Å². The number of hydrogen-bond acceptors (Lipinski definition) is 5. The summed E-state index contributed by atoms with van der Waals surface area (Å²) in [6.45, 7) is 3.83. The number of rotatable bonds is 6. The van der Waals surface area contributed by atoms with Crippen molar-refractivity contribution in [3.05, 3.63) is 75.3 Å². The first-order chi connectivity index (χ1) is 11.9. The molecule has 0 aliphatic heterocycles. The van der Waals surface area contributed by atoms with E-state index in [1.54, 1.807) is 24.3 Å². The molecule has 2 aromatic carbocycles. The highest BCUT2D eigenvalue weighted by atomic mass is 16.6. The Labute approximate surface area is 145 Å². The first kappa shape index (κ1) is 17.9. The van der Waals surface area contributed by atoms with Crippen LogP contribution in [0.15, 0.2) is 54.1 Å². The lowest BCUT2D eigenvalue weighted by Gasteiger charge is -2.09. The van der Waals surface area contributed by atoms with Gasteiger partial charge in [-0.15, -0.1) is 0 Å². The molecule has 0 amide bonds. The molecule has 2 rings (SSSR count). The topological polar surface area (TPSA) is 93.2 Å². The molecule has 0 saturated heterocycles. The van der Waals surface area contributed by atoms with Gasteiger partial charge in [0.2, 0.25) is 5.78 Å². The first-order valence-corrected chi connectivity index (χ1v) is 7.58. The molecule has 126 valence electrons. The second kappa shape index (κ2) is 7.88. The number of ketones is 1. The number of nitro benzene ring substituents is 1. The zero-order valence-corrected chi connectivity index (χ0v) is 13.8. The van der Waals surface area contributed by atoms with Gasteiger partial charge in [0.25, 0.3) is 5.69 Å². The van der Waals surface area contributed by atoms with Gasteiger partial charge >= 0.3 is 0 Å². The van der Waals surface area contributed by atoms with Gasteiger partial charge in [-0.1, -0.05) is 24.3 Å². The Kier molecular flexibility index (Phi) is 5.64. The predicted molar refractivity (Wildman–Crippen MR) is 93.2 cm³/mol. The van der Waals surface area contributed by atoms with Crippen LogP contribution in [0, 0.1) is 21.4 Å². The number of ether oxygens (including phenoxy) is 1. The molecule has 0 atom stereocenters. The number of non-ortho nitro benzene ring substituents is 1. The van der Waals surface area contributed by atoms with E-state index in [1.165, 1.54) is 24.3 Å². The number of hydrogen-bond donors (Lipinski definition) is 0. The lowest BCUT2D eigenvalue weighted by atomic mass is 10.0. The van der Waals surface area contributed by atoms with Crippen LogP contribution in [0.25, 0.3) is 6.08 Å². The standard InChI is InChI=1S/C19H16N2O4/c1-13(2)25-18-8-6-14(7-9-18)10-16(12-20)19(22)15-4-3-5-17(11-15)21(23)24/h3-11,13H,1-2H3/b16-10+.